The molecule has 0 aliphatic carbocycles. The predicted octanol–water partition coefficient (Wildman–Crippen LogP) is 3.75. The number of hydrogen-bond donors (Lipinski definition) is 0. The fourth-order valence-corrected chi connectivity index (χ4v) is 2.42. The summed E-state index contributed by atoms with van der Waals surface area (Å²) in [5.74, 6) is 1.30. The Balaban J connectivity index is 1.97. The molecule has 1 aliphatic rings. The van der Waals surface area contributed by atoms with E-state index in [9.17, 15) is 4.79 Å². The standard InChI is InChI=1S/C16H21NO3/c1-4-13(7-5-8-14-9-6-10-19-14)17-15(12(2)3)11-20-16(17)18/h6,9-10,12,15H,1,5,7-8,11H2,2-3H3/t15-/m1/s1. The quantitative estimate of drug-likeness (QED) is 0.743. The Bertz CT molecular complexity index is 498. The maximum absolute atomic E-state index is 11.9. The number of cyclic esters (lactones) is 1. The highest BCUT2D eigenvalue weighted by atomic mass is 16.6. The number of hydrogen-bond acceptors (Lipinski definition) is 3. The lowest BCUT2D eigenvalue weighted by atomic mass is 10.0. The first kappa shape index (κ1) is 14.5. The molecule has 4 heteroatoms. The molecule has 4 nitrogen and oxygen atoms in total. The summed E-state index contributed by atoms with van der Waals surface area (Å²) in [6.45, 7) is 8.33. The molecule has 0 spiro atoms. The maximum Gasteiger partial charge on any atom is 0.414 e. The van der Waals surface area contributed by atoms with Gasteiger partial charge < -0.3 is 9.15 Å². The molecule has 0 saturated carbocycles. The van der Waals surface area contributed by atoms with Gasteiger partial charge in [0.05, 0.1) is 18.0 Å². The molecule has 0 N–H and O–H groups in total. The molecule has 1 amide bonds. The first-order chi connectivity index (χ1) is 9.63. The maximum atomic E-state index is 11.9. The second kappa shape index (κ2) is 6.49. The van der Waals surface area contributed by atoms with Gasteiger partial charge in [0.2, 0.25) is 0 Å². The van der Waals surface area contributed by atoms with Crippen LogP contribution in [-0.4, -0.2) is 23.6 Å². The van der Waals surface area contributed by atoms with Crippen molar-refractivity contribution in [3.8, 4) is 0 Å². The molecule has 1 aromatic rings. The topological polar surface area (TPSA) is 42.7 Å². The van der Waals surface area contributed by atoms with E-state index in [0.29, 0.717) is 12.5 Å². The van der Waals surface area contributed by atoms with Crippen molar-refractivity contribution in [2.24, 2.45) is 5.92 Å². The van der Waals surface area contributed by atoms with Crippen LogP contribution in [0.2, 0.25) is 0 Å². The van der Waals surface area contributed by atoms with Crippen molar-refractivity contribution in [3.63, 3.8) is 0 Å². The first-order valence-corrected chi connectivity index (χ1v) is 7.00. The number of nitrogens with zero attached hydrogens (tertiary/aromatic N) is 1. The van der Waals surface area contributed by atoms with Crippen LogP contribution in [0.25, 0.3) is 0 Å². The van der Waals surface area contributed by atoms with Gasteiger partial charge in [0.1, 0.15) is 12.4 Å². The largest absolute Gasteiger partial charge is 0.469 e. The molecule has 1 fully saturated rings. The number of aryl methyl sites for hydroxylation is 1. The van der Waals surface area contributed by atoms with Crippen LogP contribution in [0.3, 0.4) is 0 Å². The molecule has 1 saturated heterocycles. The molecule has 0 aromatic carbocycles. The van der Waals surface area contributed by atoms with Gasteiger partial charge in [0, 0.05) is 6.42 Å². The molecule has 1 atom stereocenters. The smallest absolute Gasteiger partial charge is 0.414 e. The van der Waals surface area contributed by atoms with E-state index in [2.05, 4.69) is 26.2 Å². The minimum Gasteiger partial charge on any atom is -0.469 e. The number of carbonyl (C=O) groups excluding carboxylic acids is 1. The van der Waals surface area contributed by atoms with Crippen LogP contribution in [0, 0.1) is 5.92 Å². The van der Waals surface area contributed by atoms with E-state index >= 15 is 0 Å². The van der Waals surface area contributed by atoms with Crippen LogP contribution in [0.15, 0.2) is 40.8 Å². The predicted molar refractivity (Wildman–Crippen MR) is 76.1 cm³/mol. The van der Waals surface area contributed by atoms with Crippen molar-refractivity contribution in [1.82, 2.24) is 4.90 Å². The Labute approximate surface area is 119 Å². The second-order valence-electron chi connectivity index (χ2n) is 5.31. The van der Waals surface area contributed by atoms with Crippen molar-refractivity contribution < 1.29 is 13.9 Å². The lowest BCUT2D eigenvalue weighted by molar-refractivity contribution is 0.163. The molecule has 0 bridgehead atoms. The highest BCUT2D eigenvalue weighted by Gasteiger charge is 2.36. The Morgan fingerprint density at radius 2 is 2.40 bits per heavy atom. The van der Waals surface area contributed by atoms with E-state index in [-0.39, 0.29) is 12.1 Å². The zero-order chi connectivity index (χ0) is 14.5. The third kappa shape index (κ3) is 3.14. The summed E-state index contributed by atoms with van der Waals surface area (Å²) >= 11 is 0. The van der Waals surface area contributed by atoms with Crippen LogP contribution in [0.1, 0.15) is 32.4 Å². The van der Waals surface area contributed by atoms with Crippen LogP contribution in [-0.2, 0) is 11.2 Å². The summed E-state index contributed by atoms with van der Waals surface area (Å²) in [7, 11) is 0. The first-order valence-electron chi connectivity index (χ1n) is 7.00. The van der Waals surface area contributed by atoms with Gasteiger partial charge >= 0.3 is 6.09 Å². The van der Waals surface area contributed by atoms with E-state index in [1.165, 1.54) is 0 Å². The fourth-order valence-electron chi connectivity index (χ4n) is 2.42. The van der Waals surface area contributed by atoms with Crippen molar-refractivity contribution >= 4 is 6.09 Å². The van der Waals surface area contributed by atoms with Gasteiger partial charge in [0.15, 0.2) is 0 Å². The lowest BCUT2D eigenvalue weighted by Gasteiger charge is -2.25. The van der Waals surface area contributed by atoms with Crippen molar-refractivity contribution in [2.45, 2.75) is 39.2 Å². The van der Waals surface area contributed by atoms with E-state index in [1.807, 2.05) is 12.1 Å². The molecular weight excluding hydrogens is 254 g/mol. The molecule has 1 aromatic heterocycles. The Kier molecular flexibility index (Phi) is 4.70. The van der Waals surface area contributed by atoms with Crippen molar-refractivity contribution in [3.05, 3.63) is 42.2 Å². The number of carbonyl (C=O) groups is 1. The average Bonchev–Trinajstić information content (AvgIpc) is 3.04. The summed E-state index contributed by atoms with van der Waals surface area (Å²) in [6, 6.07) is 3.92. The van der Waals surface area contributed by atoms with Gasteiger partial charge in [-0.25, -0.2) is 4.79 Å². The number of amides is 1. The van der Waals surface area contributed by atoms with Gasteiger partial charge in [-0.05, 0) is 30.9 Å². The lowest BCUT2D eigenvalue weighted by Crippen LogP contribution is -2.36. The van der Waals surface area contributed by atoms with Crippen LogP contribution < -0.4 is 0 Å². The van der Waals surface area contributed by atoms with Gasteiger partial charge in [-0.2, -0.15) is 0 Å². The van der Waals surface area contributed by atoms with E-state index in [1.54, 1.807) is 11.2 Å². The van der Waals surface area contributed by atoms with Gasteiger partial charge in [0.25, 0.3) is 0 Å². The highest BCUT2D eigenvalue weighted by Crippen LogP contribution is 2.26. The second-order valence-corrected chi connectivity index (χ2v) is 5.31. The van der Waals surface area contributed by atoms with Crippen molar-refractivity contribution in [2.75, 3.05) is 6.61 Å². The SMILES string of the molecule is C=C=C(CCCc1ccco1)N1C(=O)OC[C@@H]1C(C)C. The van der Waals surface area contributed by atoms with E-state index in [0.717, 1.165) is 30.7 Å². The molecule has 2 heterocycles. The summed E-state index contributed by atoms with van der Waals surface area (Å²) in [4.78, 5) is 13.6. The normalized spacial score (nSPS) is 18.2. The zero-order valence-electron chi connectivity index (χ0n) is 12.1. The van der Waals surface area contributed by atoms with Crippen LogP contribution in [0.4, 0.5) is 4.79 Å². The number of allylic oxidation sites excluding steroid dienone is 1. The monoisotopic (exact) mass is 275 g/mol. The third-order valence-electron chi connectivity index (χ3n) is 3.59. The molecule has 1 aliphatic heterocycles. The van der Waals surface area contributed by atoms with Gasteiger partial charge in [-0.1, -0.05) is 20.4 Å². The van der Waals surface area contributed by atoms with Crippen molar-refractivity contribution in [1.29, 1.82) is 0 Å². The molecule has 0 radical (unpaired) electrons. The van der Waals surface area contributed by atoms with Crippen LogP contribution >= 0.6 is 0 Å². The summed E-state index contributed by atoms with van der Waals surface area (Å²) in [5, 5.41) is 0. The summed E-state index contributed by atoms with van der Waals surface area (Å²) in [5.41, 5.74) is 3.72. The Hall–Kier alpha value is -1.93. The number of furan rings is 1. The molecule has 2 rings (SSSR count). The number of rotatable bonds is 6. The number of ether oxygens (including phenoxy) is 1. The zero-order valence-corrected chi connectivity index (χ0v) is 12.1. The van der Waals surface area contributed by atoms with Crippen LogP contribution in [0.5, 0.6) is 0 Å². The van der Waals surface area contributed by atoms with Gasteiger partial charge in [-0.3, -0.25) is 4.90 Å². The average molecular weight is 275 g/mol. The van der Waals surface area contributed by atoms with Gasteiger partial charge in [-0.15, -0.1) is 5.73 Å². The Morgan fingerprint density at radius 3 is 3.00 bits per heavy atom. The summed E-state index contributed by atoms with van der Waals surface area (Å²) in [6.07, 6.45) is 3.86. The molecule has 0 unspecified atom stereocenters. The van der Waals surface area contributed by atoms with E-state index in [4.69, 9.17) is 9.15 Å². The molecule has 108 valence electrons. The molecule has 20 heavy (non-hydrogen) atoms. The fraction of sp³-hybridized carbons (Fsp3) is 0.500. The van der Waals surface area contributed by atoms with E-state index < -0.39 is 0 Å². The summed E-state index contributed by atoms with van der Waals surface area (Å²) < 4.78 is 10.5. The molecular formula is C16H21NO3. The highest BCUT2D eigenvalue weighted by molar-refractivity contribution is 5.72. The Morgan fingerprint density at radius 1 is 1.60 bits per heavy atom. The minimum absolute atomic E-state index is 0.0790. The third-order valence-corrected chi connectivity index (χ3v) is 3.59. The minimum atomic E-state index is -0.284.